The van der Waals surface area contributed by atoms with Crippen molar-refractivity contribution in [3.63, 3.8) is 0 Å². The highest BCUT2D eigenvalue weighted by atomic mass is 35.5. The van der Waals surface area contributed by atoms with Crippen LogP contribution in [-0.2, 0) is 4.79 Å². The van der Waals surface area contributed by atoms with Crippen LogP contribution in [0.1, 0.15) is 13.3 Å². The molecule has 12 heavy (non-hydrogen) atoms. The van der Waals surface area contributed by atoms with E-state index < -0.39 is 5.97 Å². The van der Waals surface area contributed by atoms with Gasteiger partial charge in [0, 0.05) is 21.6 Å². The molecule has 70 valence electrons. The molecular formula is C7H10Cl2O2S. The van der Waals surface area contributed by atoms with Crippen LogP contribution >= 0.6 is 35.0 Å². The number of carbonyl (C=O) groups is 1. The second-order valence-electron chi connectivity index (χ2n) is 2.28. The van der Waals surface area contributed by atoms with Crippen molar-refractivity contribution in [2.45, 2.75) is 18.6 Å². The highest BCUT2D eigenvalue weighted by Crippen LogP contribution is 2.19. The molecule has 0 aliphatic rings. The van der Waals surface area contributed by atoms with Crippen molar-refractivity contribution in [3.8, 4) is 0 Å². The third kappa shape index (κ3) is 6.83. The van der Waals surface area contributed by atoms with E-state index >= 15 is 0 Å². The van der Waals surface area contributed by atoms with E-state index in [1.165, 1.54) is 17.3 Å². The van der Waals surface area contributed by atoms with Crippen LogP contribution in [0.4, 0.5) is 0 Å². The van der Waals surface area contributed by atoms with Gasteiger partial charge in [0.05, 0.1) is 6.42 Å². The number of aliphatic carboxylic acids is 1. The molecule has 0 aliphatic heterocycles. The molecule has 0 saturated heterocycles. The van der Waals surface area contributed by atoms with E-state index in [4.69, 9.17) is 28.3 Å². The Labute approximate surface area is 85.9 Å². The molecule has 0 heterocycles. The first-order valence-corrected chi connectivity index (χ1v) is 5.20. The van der Waals surface area contributed by atoms with Gasteiger partial charge in [-0.05, 0) is 0 Å². The predicted octanol–water partition coefficient (Wildman–Crippen LogP) is 2.90. The Morgan fingerprint density at radius 1 is 1.75 bits per heavy atom. The minimum Gasteiger partial charge on any atom is -0.481 e. The van der Waals surface area contributed by atoms with Crippen molar-refractivity contribution < 1.29 is 9.90 Å². The molecule has 0 spiro atoms. The summed E-state index contributed by atoms with van der Waals surface area (Å²) < 4.78 is 0. The number of hydrogen-bond donors (Lipinski definition) is 1. The van der Waals surface area contributed by atoms with Gasteiger partial charge in [-0.1, -0.05) is 30.1 Å². The number of hydrogen-bond acceptors (Lipinski definition) is 2. The maximum absolute atomic E-state index is 10.2. The first-order valence-electron chi connectivity index (χ1n) is 3.34. The van der Waals surface area contributed by atoms with Crippen molar-refractivity contribution in [2.75, 3.05) is 5.75 Å². The Balaban J connectivity index is 3.57. The largest absolute Gasteiger partial charge is 0.481 e. The van der Waals surface area contributed by atoms with Crippen LogP contribution in [0.3, 0.4) is 0 Å². The van der Waals surface area contributed by atoms with Gasteiger partial charge in [-0.25, -0.2) is 0 Å². The first-order chi connectivity index (χ1) is 5.56. The standard InChI is InChI=1S/C7H10Cl2O2S/c1-5(2-7(10)11)12-4-6(9)3-8/h3,5H,2,4H2,1H3,(H,10,11). The van der Waals surface area contributed by atoms with Crippen molar-refractivity contribution in [1.82, 2.24) is 0 Å². The fourth-order valence-electron chi connectivity index (χ4n) is 0.558. The van der Waals surface area contributed by atoms with Gasteiger partial charge < -0.3 is 5.11 Å². The van der Waals surface area contributed by atoms with Crippen molar-refractivity contribution in [2.24, 2.45) is 0 Å². The summed E-state index contributed by atoms with van der Waals surface area (Å²) >= 11 is 12.4. The number of carboxylic acids is 1. The summed E-state index contributed by atoms with van der Waals surface area (Å²) in [6, 6.07) is 0. The van der Waals surface area contributed by atoms with E-state index in [9.17, 15) is 4.79 Å². The van der Waals surface area contributed by atoms with Gasteiger partial charge in [0.15, 0.2) is 0 Å². The van der Waals surface area contributed by atoms with Crippen LogP contribution in [0.25, 0.3) is 0 Å². The number of halogens is 2. The smallest absolute Gasteiger partial charge is 0.304 e. The van der Waals surface area contributed by atoms with Crippen LogP contribution in [0.15, 0.2) is 10.6 Å². The van der Waals surface area contributed by atoms with Crippen LogP contribution < -0.4 is 0 Å². The van der Waals surface area contributed by atoms with Crippen LogP contribution in [0.2, 0.25) is 0 Å². The van der Waals surface area contributed by atoms with Gasteiger partial charge in [-0.15, -0.1) is 0 Å². The molecule has 0 bridgehead atoms. The molecule has 1 unspecified atom stereocenters. The monoisotopic (exact) mass is 228 g/mol. The average molecular weight is 229 g/mol. The van der Waals surface area contributed by atoms with E-state index in [2.05, 4.69) is 0 Å². The fraction of sp³-hybridized carbons (Fsp3) is 0.571. The van der Waals surface area contributed by atoms with E-state index in [1.807, 2.05) is 6.92 Å². The Kier molecular flexibility index (Phi) is 6.71. The zero-order valence-electron chi connectivity index (χ0n) is 6.59. The predicted molar refractivity (Wildman–Crippen MR) is 54.0 cm³/mol. The van der Waals surface area contributed by atoms with Gasteiger partial charge >= 0.3 is 5.97 Å². The Morgan fingerprint density at radius 2 is 2.33 bits per heavy atom. The van der Waals surface area contributed by atoms with Crippen LogP contribution in [0.5, 0.6) is 0 Å². The highest BCUT2D eigenvalue weighted by Gasteiger charge is 2.07. The van der Waals surface area contributed by atoms with Crippen LogP contribution in [0, 0.1) is 0 Å². The van der Waals surface area contributed by atoms with Crippen LogP contribution in [-0.4, -0.2) is 22.1 Å². The minimum atomic E-state index is -0.791. The van der Waals surface area contributed by atoms with Crippen molar-refractivity contribution in [3.05, 3.63) is 10.6 Å². The number of thioether (sulfide) groups is 1. The molecule has 0 saturated carbocycles. The lowest BCUT2D eigenvalue weighted by Crippen LogP contribution is -2.06. The second-order valence-corrected chi connectivity index (χ2v) is 4.41. The third-order valence-electron chi connectivity index (χ3n) is 1.09. The van der Waals surface area contributed by atoms with E-state index in [-0.39, 0.29) is 11.7 Å². The summed E-state index contributed by atoms with van der Waals surface area (Å²) in [4.78, 5) is 10.2. The third-order valence-corrected chi connectivity index (χ3v) is 3.08. The zero-order chi connectivity index (χ0) is 9.56. The molecule has 0 rings (SSSR count). The highest BCUT2D eigenvalue weighted by molar-refractivity contribution is 8.00. The van der Waals surface area contributed by atoms with E-state index in [0.717, 1.165) is 0 Å². The molecular weight excluding hydrogens is 219 g/mol. The molecule has 0 aliphatic carbocycles. The molecule has 1 N–H and O–H groups in total. The lowest BCUT2D eigenvalue weighted by molar-refractivity contribution is -0.136. The Hall–Kier alpha value is 0.140. The van der Waals surface area contributed by atoms with Crippen molar-refractivity contribution in [1.29, 1.82) is 0 Å². The van der Waals surface area contributed by atoms with Gasteiger partial charge in [0.1, 0.15) is 0 Å². The van der Waals surface area contributed by atoms with Gasteiger partial charge in [0.2, 0.25) is 0 Å². The molecule has 0 aromatic carbocycles. The molecule has 5 heteroatoms. The Morgan fingerprint density at radius 3 is 2.75 bits per heavy atom. The van der Waals surface area contributed by atoms with Gasteiger partial charge in [-0.3, -0.25) is 4.79 Å². The molecule has 1 atom stereocenters. The normalized spacial score (nSPS) is 14.4. The maximum atomic E-state index is 10.2. The molecule has 0 aromatic rings. The quantitative estimate of drug-likeness (QED) is 0.787. The number of carboxylic acid groups (broad SMARTS) is 1. The Bertz CT molecular complexity index is 182. The summed E-state index contributed by atoms with van der Waals surface area (Å²) in [6.45, 7) is 1.84. The lowest BCUT2D eigenvalue weighted by Gasteiger charge is -2.06. The summed E-state index contributed by atoms with van der Waals surface area (Å²) in [5.41, 5.74) is 1.29. The lowest BCUT2D eigenvalue weighted by atomic mass is 10.3. The number of rotatable bonds is 5. The second kappa shape index (κ2) is 6.63. The average Bonchev–Trinajstić information content (AvgIpc) is 1.99. The summed E-state index contributed by atoms with van der Waals surface area (Å²) in [6.07, 6.45) is 0.150. The first kappa shape index (κ1) is 12.1. The molecule has 0 radical (unpaired) electrons. The molecule has 0 amide bonds. The van der Waals surface area contributed by atoms with E-state index in [0.29, 0.717) is 10.8 Å². The summed E-state index contributed by atoms with van der Waals surface area (Å²) in [7, 11) is 0. The topological polar surface area (TPSA) is 37.3 Å². The van der Waals surface area contributed by atoms with Gasteiger partial charge in [-0.2, -0.15) is 11.8 Å². The SMILES string of the molecule is CC(CC(=O)O)SCC(Cl)=CCl. The van der Waals surface area contributed by atoms with Crippen molar-refractivity contribution >= 4 is 40.9 Å². The molecule has 2 nitrogen and oxygen atoms in total. The molecule has 0 aromatic heterocycles. The van der Waals surface area contributed by atoms with Gasteiger partial charge in [0.25, 0.3) is 0 Å². The van der Waals surface area contributed by atoms with E-state index in [1.54, 1.807) is 0 Å². The zero-order valence-corrected chi connectivity index (χ0v) is 8.92. The fourth-order valence-corrected chi connectivity index (χ4v) is 1.70. The summed E-state index contributed by atoms with van der Waals surface area (Å²) in [5, 5.41) is 9.02. The summed E-state index contributed by atoms with van der Waals surface area (Å²) in [5.74, 6) is -0.222. The maximum Gasteiger partial charge on any atom is 0.304 e. The molecule has 0 fully saturated rings. The minimum absolute atomic E-state index is 0.0628.